The highest BCUT2D eigenvalue weighted by atomic mass is 19.1. The van der Waals surface area contributed by atoms with Gasteiger partial charge in [0.2, 0.25) is 0 Å². The highest BCUT2D eigenvalue weighted by molar-refractivity contribution is 5.26. The number of hydrogen-bond donors (Lipinski definition) is 1. The highest BCUT2D eigenvalue weighted by Crippen LogP contribution is 2.20. The Kier molecular flexibility index (Phi) is 3.97. The molecule has 1 saturated carbocycles. The summed E-state index contributed by atoms with van der Waals surface area (Å²) in [6.45, 7) is 1.30. The molecule has 1 aliphatic carbocycles. The van der Waals surface area contributed by atoms with Crippen LogP contribution in [0, 0.1) is 5.82 Å². The van der Waals surface area contributed by atoms with E-state index in [4.69, 9.17) is 4.74 Å². The van der Waals surface area contributed by atoms with Crippen molar-refractivity contribution in [2.24, 2.45) is 0 Å². The molecule has 0 heterocycles. The Morgan fingerprint density at radius 1 is 1.00 bits per heavy atom. The van der Waals surface area contributed by atoms with Gasteiger partial charge in [-0.3, -0.25) is 0 Å². The topological polar surface area (TPSA) is 21.3 Å². The molecule has 0 aromatic heterocycles. The molecule has 2 aromatic carbocycles. The molecule has 104 valence electrons. The fourth-order valence-corrected chi connectivity index (χ4v) is 2.03. The maximum absolute atomic E-state index is 13.4. The molecule has 0 radical (unpaired) electrons. The molecule has 0 amide bonds. The summed E-state index contributed by atoms with van der Waals surface area (Å²) >= 11 is 0. The van der Waals surface area contributed by atoms with Crippen molar-refractivity contribution in [1.82, 2.24) is 5.32 Å². The molecule has 1 fully saturated rings. The van der Waals surface area contributed by atoms with Crippen LogP contribution in [0.15, 0.2) is 48.5 Å². The molecule has 0 atom stereocenters. The predicted molar refractivity (Wildman–Crippen MR) is 77.0 cm³/mol. The first-order valence-corrected chi connectivity index (χ1v) is 7.00. The summed E-state index contributed by atoms with van der Waals surface area (Å²) in [4.78, 5) is 0. The van der Waals surface area contributed by atoms with Crippen molar-refractivity contribution < 1.29 is 9.13 Å². The zero-order valence-electron chi connectivity index (χ0n) is 11.3. The van der Waals surface area contributed by atoms with Gasteiger partial charge in [0.1, 0.15) is 6.61 Å². The lowest BCUT2D eigenvalue weighted by molar-refractivity contribution is 0.290. The summed E-state index contributed by atoms with van der Waals surface area (Å²) in [7, 11) is 0. The van der Waals surface area contributed by atoms with Crippen molar-refractivity contribution in [3.8, 4) is 5.75 Å². The van der Waals surface area contributed by atoms with Crippen LogP contribution in [0.25, 0.3) is 0 Å². The lowest BCUT2D eigenvalue weighted by atomic mass is 10.1. The van der Waals surface area contributed by atoms with Crippen molar-refractivity contribution in [3.63, 3.8) is 0 Å². The van der Waals surface area contributed by atoms with Crippen molar-refractivity contribution in [3.05, 3.63) is 65.5 Å². The van der Waals surface area contributed by atoms with Crippen LogP contribution >= 0.6 is 0 Å². The second kappa shape index (κ2) is 6.06. The molecule has 0 bridgehead atoms. The van der Waals surface area contributed by atoms with Crippen LogP contribution in [0.1, 0.15) is 24.0 Å². The quantitative estimate of drug-likeness (QED) is 0.865. The van der Waals surface area contributed by atoms with Crippen molar-refractivity contribution >= 4 is 0 Å². The van der Waals surface area contributed by atoms with Crippen LogP contribution in [-0.4, -0.2) is 6.04 Å². The molecule has 2 aromatic rings. The van der Waals surface area contributed by atoms with Gasteiger partial charge in [-0.15, -0.1) is 0 Å². The molecule has 2 nitrogen and oxygen atoms in total. The van der Waals surface area contributed by atoms with Gasteiger partial charge in [0.25, 0.3) is 0 Å². The Morgan fingerprint density at radius 2 is 1.70 bits per heavy atom. The average Bonchev–Trinajstić information content (AvgIpc) is 3.30. The van der Waals surface area contributed by atoms with Gasteiger partial charge < -0.3 is 10.1 Å². The maximum Gasteiger partial charge on any atom is 0.165 e. The SMILES string of the molecule is Fc1ccccc1OCc1ccc(CNC2CC2)cc1. The molecule has 3 rings (SSSR count). The second-order valence-corrected chi connectivity index (χ2v) is 5.19. The van der Waals surface area contributed by atoms with E-state index in [1.807, 2.05) is 12.1 Å². The highest BCUT2D eigenvalue weighted by Gasteiger charge is 2.19. The van der Waals surface area contributed by atoms with Crippen LogP contribution in [0.2, 0.25) is 0 Å². The Bertz CT molecular complexity index is 563. The van der Waals surface area contributed by atoms with E-state index in [2.05, 4.69) is 17.4 Å². The minimum Gasteiger partial charge on any atom is -0.486 e. The minimum absolute atomic E-state index is 0.298. The summed E-state index contributed by atoms with van der Waals surface area (Å²) in [6, 6.07) is 15.4. The van der Waals surface area contributed by atoms with Gasteiger partial charge in [0, 0.05) is 12.6 Å². The Morgan fingerprint density at radius 3 is 2.40 bits per heavy atom. The molecule has 20 heavy (non-hydrogen) atoms. The summed E-state index contributed by atoms with van der Waals surface area (Å²) in [6.07, 6.45) is 2.60. The van der Waals surface area contributed by atoms with E-state index >= 15 is 0 Å². The normalized spacial score (nSPS) is 14.2. The molecule has 0 saturated heterocycles. The monoisotopic (exact) mass is 271 g/mol. The van der Waals surface area contributed by atoms with Gasteiger partial charge in [0.15, 0.2) is 11.6 Å². The third-order valence-electron chi connectivity index (χ3n) is 3.43. The van der Waals surface area contributed by atoms with E-state index in [1.54, 1.807) is 18.2 Å². The molecule has 3 heteroatoms. The Balaban J connectivity index is 1.53. The molecule has 1 aliphatic rings. The zero-order chi connectivity index (χ0) is 13.8. The van der Waals surface area contributed by atoms with E-state index in [9.17, 15) is 4.39 Å². The van der Waals surface area contributed by atoms with E-state index < -0.39 is 0 Å². The number of rotatable bonds is 6. The fraction of sp³-hybridized carbons (Fsp3) is 0.294. The number of ether oxygens (including phenoxy) is 1. The number of nitrogens with one attached hydrogen (secondary N) is 1. The smallest absolute Gasteiger partial charge is 0.165 e. The van der Waals surface area contributed by atoms with Crippen LogP contribution in [0.3, 0.4) is 0 Å². The van der Waals surface area contributed by atoms with Gasteiger partial charge >= 0.3 is 0 Å². The van der Waals surface area contributed by atoms with E-state index in [0.29, 0.717) is 12.4 Å². The molecule has 0 spiro atoms. The van der Waals surface area contributed by atoms with Crippen LogP contribution in [0.5, 0.6) is 5.75 Å². The third-order valence-corrected chi connectivity index (χ3v) is 3.43. The van der Waals surface area contributed by atoms with E-state index in [-0.39, 0.29) is 5.82 Å². The summed E-state index contributed by atoms with van der Waals surface area (Å²) in [5, 5.41) is 3.48. The maximum atomic E-state index is 13.4. The van der Waals surface area contributed by atoms with Crippen molar-refractivity contribution in [1.29, 1.82) is 0 Å². The van der Waals surface area contributed by atoms with Gasteiger partial charge in [-0.25, -0.2) is 4.39 Å². The summed E-state index contributed by atoms with van der Waals surface area (Å²) in [5.74, 6) is -0.0234. The number of hydrogen-bond acceptors (Lipinski definition) is 2. The first-order valence-electron chi connectivity index (χ1n) is 7.00. The first kappa shape index (κ1) is 13.1. The van der Waals surface area contributed by atoms with E-state index in [1.165, 1.54) is 24.5 Å². The van der Waals surface area contributed by atoms with Crippen molar-refractivity contribution in [2.75, 3.05) is 0 Å². The second-order valence-electron chi connectivity index (χ2n) is 5.19. The standard InChI is InChI=1S/C17H18FNO/c18-16-3-1-2-4-17(16)20-12-14-7-5-13(6-8-14)11-19-15-9-10-15/h1-8,15,19H,9-12H2. The first-order chi connectivity index (χ1) is 9.81. The number of benzene rings is 2. The van der Waals surface area contributed by atoms with Gasteiger partial charge in [0.05, 0.1) is 0 Å². The van der Waals surface area contributed by atoms with Gasteiger partial charge in [-0.05, 0) is 36.1 Å². The molecule has 0 unspecified atom stereocenters. The molecular formula is C17H18FNO. The lowest BCUT2D eigenvalue weighted by Gasteiger charge is -2.08. The molecular weight excluding hydrogens is 253 g/mol. The van der Waals surface area contributed by atoms with Crippen LogP contribution in [0.4, 0.5) is 4.39 Å². The van der Waals surface area contributed by atoms with Crippen LogP contribution < -0.4 is 10.1 Å². The zero-order valence-corrected chi connectivity index (χ0v) is 11.3. The van der Waals surface area contributed by atoms with Crippen LogP contribution in [-0.2, 0) is 13.2 Å². The fourth-order valence-electron chi connectivity index (χ4n) is 2.03. The van der Waals surface area contributed by atoms with Gasteiger partial charge in [-0.1, -0.05) is 36.4 Å². The lowest BCUT2D eigenvalue weighted by Crippen LogP contribution is -2.15. The minimum atomic E-state index is -0.322. The molecule has 1 N–H and O–H groups in total. The number of halogens is 1. The predicted octanol–water partition coefficient (Wildman–Crippen LogP) is 3.66. The average molecular weight is 271 g/mol. The third kappa shape index (κ3) is 3.58. The Labute approximate surface area is 118 Å². The van der Waals surface area contributed by atoms with E-state index in [0.717, 1.165) is 18.2 Å². The van der Waals surface area contributed by atoms with Gasteiger partial charge in [-0.2, -0.15) is 0 Å². The van der Waals surface area contributed by atoms with Crippen molar-refractivity contribution in [2.45, 2.75) is 32.0 Å². The molecule has 0 aliphatic heterocycles. The largest absolute Gasteiger partial charge is 0.486 e. The summed E-state index contributed by atoms with van der Waals surface area (Å²) < 4.78 is 18.9. The summed E-state index contributed by atoms with van der Waals surface area (Å²) in [5.41, 5.74) is 2.31. The Hall–Kier alpha value is -1.87. The number of para-hydroxylation sites is 1.